The zero-order valence-electron chi connectivity index (χ0n) is 14.5. The van der Waals surface area contributed by atoms with Crippen LogP contribution in [0.2, 0.25) is 0 Å². The van der Waals surface area contributed by atoms with Crippen LogP contribution in [0.4, 0.5) is 5.95 Å². The molecule has 1 saturated heterocycles. The lowest BCUT2D eigenvalue weighted by atomic mass is 9.96. The van der Waals surface area contributed by atoms with Crippen LogP contribution in [0, 0.1) is 0 Å². The highest BCUT2D eigenvalue weighted by Crippen LogP contribution is 2.30. The summed E-state index contributed by atoms with van der Waals surface area (Å²) < 4.78 is 3.98. The molecule has 130 valence electrons. The Bertz CT molecular complexity index is 814. The van der Waals surface area contributed by atoms with E-state index >= 15 is 0 Å². The Morgan fingerprint density at radius 1 is 1.04 bits per heavy atom. The Labute approximate surface area is 146 Å². The second-order valence-corrected chi connectivity index (χ2v) is 6.68. The summed E-state index contributed by atoms with van der Waals surface area (Å²) in [6, 6.07) is 10.4. The van der Waals surface area contributed by atoms with Gasteiger partial charge in [-0.3, -0.25) is 0 Å². The first kappa shape index (κ1) is 15.7. The van der Waals surface area contributed by atoms with E-state index in [4.69, 9.17) is 0 Å². The molecule has 1 aliphatic rings. The van der Waals surface area contributed by atoms with E-state index in [-0.39, 0.29) is 0 Å². The lowest BCUT2D eigenvalue weighted by Crippen LogP contribution is -2.35. The minimum atomic E-state index is 0.383. The fraction of sp³-hybridized carbons (Fsp3) is 0.471. The van der Waals surface area contributed by atoms with E-state index in [2.05, 4.69) is 49.0 Å². The summed E-state index contributed by atoms with van der Waals surface area (Å²) in [4.78, 5) is 2.25. The van der Waals surface area contributed by atoms with Crippen molar-refractivity contribution in [2.45, 2.75) is 38.6 Å². The first-order valence-corrected chi connectivity index (χ1v) is 8.72. The molecule has 0 atom stereocenters. The van der Waals surface area contributed by atoms with Crippen molar-refractivity contribution >= 4 is 5.95 Å². The van der Waals surface area contributed by atoms with Crippen LogP contribution in [0.3, 0.4) is 0 Å². The molecule has 0 N–H and O–H groups in total. The fourth-order valence-corrected chi connectivity index (χ4v) is 3.40. The van der Waals surface area contributed by atoms with Gasteiger partial charge in [-0.1, -0.05) is 23.3 Å². The third-order valence-electron chi connectivity index (χ3n) is 4.75. The number of anilines is 1. The number of hydrogen-bond donors (Lipinski definition) is 0. The average molecular weight is 338 g/mol. The Balaban J connectivity index is 1.50. The van der Waals surface area contributed by atoms with Gasteiger partial charge in [0.15, 0.2) is 0 Å². The molecule has 25 heavy (non-hydrogen) atoms. The van der Waals surface area contributed by atoms with Crippen molar-refractivity contribution in [3.05, 3.63) is 42.5 Å². The van der Waals surface area contributed by atoms with Crippen molar-refractivity contribution in [2.24, 2.45) is 0 Å². The molecule has 0 radical (unpaired) electrons. The number of tetrazole rings is 1. The Hall–Kier alpha value is -2.77. The van der Waals surface area contributed by atoms with Crippen molar-refractivity contribution in [2.75, 3.05) is 18.0 Å². The van der Waals surface area contributed by atoms with Gasteiger partial charge >= 0.3 is 0 Å². The van der Waals surface area contributed by atoms with Gasteiger partial charge < -0.3 is 9.47 Å². The molecular weight excluding hydrogens is 316 g/mol. The smallest absolute Gasteiger partial charge is 0.250 e. The van der Waals surface area contributed by atoms with E-state index < -0.39 is 0 Å². The third kappa shape index (κ3) is 2.99. The Morgan fingerprint density at radius 3 is 2.52 bits per heavy atom. The number of piperidine rings is 1. The minimum absolute atomic E-state index is 0.383. The summed E-state index contributed by atoms with van der Waals surface area (Å²) in [5.41, 5.74) is 0.976. The molecule has 0 saturated carbocycles. The van der Waals surface area contributed by atoms with Crippen LogP contribution in [0.15, 0.2) is 36.7 Å². The maximum absolute atomic E-state index is 4.36. The van der Waals surface area contributed by atoms with Gasteiger partial charge in [-0.25, -0.2) is 0 Å². The van der Waals surface area contributed by atoms with E-state index in [1.807, 2.05) is 36.7 Å². The second kappa shape index (κ2) is 6.62. The van der Waals surface area contributed by atoms with Gasteiger partial charge in [0.1, 0.15) is 12.2 Å². The SMILES string of the molecule is CC(C)n1cnnc1C1CCN(c2nnnn2-c2ccccc2)CC1. The summed E-state index contributed by atoms with van der Waals surface area (Å²) >= 11 is 0. The van der Waals surface area contributed by atoms with Crippen LogP contribution in [0.1, 0.15) is 44.5 Å². The molecular formula is C17H22N8. The fourth-order valence-electron chi connectivity index (χ4n) is 3.40. The maximum atomic E-state index is 4.36. The molecule has 0 amide bonds. The van der Waals surface area contributed by atoms with Crippen LogP contribution in [0.25, 0.3) is 5.69 Å². The Morgan fingerprint density at radius 2 is 1.80 bits per heavy atom. The standard InChI is InChI=1S/C17H22N8/c1-13(2)24-12-18-19-16(24)14-8-10-23(11-9-14)17-20-21-22-25(17)15-6-4-3-5-7-15/h3-7,12-14H,8-11H2,1-2H3. The molecule has 0 bridgehead atoms. The maximum Gasteiger partial charge on any atom is 0.250 e. The van der Waals surface area contributed by atoms with E-state index in [1.165, 1.54) is 0 Å². The van der Waals surface area contributed by atoms with Crippen molar-refractivity contribution in [1.29, 1.82) is 0 Å². The lowest BCUT2D eigenvalue weighted by Gasteiger charge is -2.32. The topological polar surface area (TPSA) is 77.6 Å². The average Bonchev–Trinajstić information content (AvgIpc) is 3.32. The van der Waals surface area contributed by atoms with Gasteiger partial charge in [-0.15, -0.1) is 10.2 Å². The van der Waals surface area contributed by atoms with Gasteiger partial charge in [0.05, 0.1) is 5.69 Å². The molecule has 1 aromatic carbocycles. The van der Waals surface area contributed by atoms with E-state index in [9.17, 15) is 0 Å². The number of hydrogen-bond acceptors (Lipinski definition) is 6. The van der Waals surface area contributed by atoms with Crippen molar-refractivity contribution in [1.82, 2.24) is 35.0 Å². The molecule has 3 heterocycles. The molecule has 2 aromatic heterocycles. The van der Waals surface area contributed by atoms with Crippen LogP contribution in [-0.4, -0.2) is 48.1 Å². The highest BCUT2D eigenvalue weighted by atomic mass is 15.6. The summed E-state index contributed by atoms with van der Waals surface area (Å²) in [6.45, 7) is 6.14. The monoisotopic (exact) mass is 338 g/mol. The molecule has 0 aliphatic carbocycles. The molecule has 8 heteroatoms. The van der Waals surface area contributed by atoms with Gasteiger partial charge in [-0.05, 0) is 49.2 Å². The van der Waals surface area contributed by atoms with Crippen LogP contribution >= 0.6 is 0 Å². The normalized spacial score (nSPS) is 15.9. The zero-order chi connectivity index (χ0) is 17.2. The van der Waals surface area contributed by atoms with Gasteiger partial charge in [0.25, 0.3) is 0 Å². The van der Waals surface area contributed by atoms with Gasteiger partial charge in [0.2, 0.25) is 5.95 Å². The number of benzene rings is 1. The van der Waals surface area contributed by atoms with Crippen LogP contribution in [0.5, 0.6) is 0 Å². The predicted octanol–water partition coefficient (Wildman–Crippen LogP) is 2.22. The Kier molecular flexibility index (Phi) is 4.17. The highest BCUT2D eigenvalue weighted by molar-refractivity contribution is 5.40. The molecule has 8 nitrogen and oxygen atoms in total. The van der Waals surface area contributed by atoms with Gasteiger partial charge in [-0.2, -0.15) is 4.68 Å². The molecule has 1 aliphatic heterocycles. The van der Waals surface area contributed by atoms with E-state index in [1.54, 1.807) is 4.68 Å². The van der Waals surface area contributed by atoms with Crippen LogP contribution in [-0.2, 0) is 0 Å². The summed E-state index contributed by atoms with van der Waals surface area (Å²) in [6.07, 6.45) is 3.88. The number of rotatable bonds is 4. The molecule has 0 spiro atoms. The number of nitrogens with zero attached hydrogens (tertiary/aromatic N) is 8. The first-order valence-electron chi connectivity index (χ1n) is 8.72. The second-order valence-electron chi connectivity index (χ2n) is 6.68. The van der Waals surface area contributed by atoms with Crippen molar-refractivity contribution in [3.8, 4) is 5.69 Å². The van der Waals surface area contributed by atoms with Crippen molar-refractivity contribution in [3.63, 3.8) is 0 Å². The lowest BCUT2D eigenvalue weighted by molar-refractivity contribution is 0.444. The van der Waals surface area contributed by atoms with Crippen LogP contribution < -0.4 is 4.90 Å². The highest BCUT2D eigenvalue weighted by Gasteiger charge is 2.27. The quantitative estimate of drug-likeness (QED) is 0.726. The summed E-state index contributed by atoms with van der Waals surface area (Å²) in [7, 11) is 0. The molecule has 1 fully saturated rings. The third-order valence-corrected chi connectivity index (χ3v) is 4.75. The molecule has 4 rings (SSSR count). The van der Waals surface area contributed by atoms with Crippen molar-refractivity contribution < 1.29 is 0 Å². The van der Waals surface area contributed by atoms with E-state index in [0.717, 1.165) is 43.4 Å². The molecule has 0 unspecified atom stereocenters. The summed E-state index contributed by atoms with van der Waals surface area (Å²) in [5, 5.41) is 20.7. The predicted molar refractivity (Wildman–Crippen MR) is 93.7 cm³/mol. The number of para-hydroxylation sites is 1. The van der Waals surface area contributed by atoms with Gasteiger partial charge in [0, 0.05) is 25.0 Å². The largest absolute Gasteiger partial charge is 0.339 e. The van der Waals surface area contributed by atoms with E-state index in [0.29, 0.717) is 12.0 Å². The minimum Gasteiger partial charge on any atom is -0.339 e. The first-order chi connectivity index (χ1) is 12.2. The molecule has 3 aromatic rings. The summed E-state index contributed by atoms with van der Waals surface area (Å²) in [5.74, 6) is 2.33. The number of aromatic nitrogens is 7. The zero-order valence-corrected chi connectivity index (χ0v) is 14.5.